The van der Waals surface area contributed by atoms with E-state index in [9.17, 15) is 14.4 Å². The number of hydrogen-bond acceptors (Lipinski definition) is 6. The highest BCUT2D eigenvalue weighted by molar-refractivity contribution is 5.71. The Hall–Kier alpha value is -4.45. The molecule has 0 aromatic rings. The molecule has 0 aromatic carbocycles. The summed E-state index contributed by atoms with van der Waals surface area (Å²) in [7, 11) is 0. The van der Waals surface area contributed by atoms with Crippen molar-refractivity contribution in [3.63, 3.8) is 0 Å². The van der Waals surface area contributed by atoms with Gasteiger partial charge in [0, 0.05) is 19.3 Å². The quantitative estimate of drug-likeness (QED) is 0.0261. The molecule has 1 atom stereocenters. The summed E-state index contributed by atoms with van der Waals surface area (Å²) in [6.45, 7) is 6.38. The Morgan fingerprint density at radius 1 is 0.276 bits per heavy atom. The van der Waals surface area contributed by atoms with E-state index in [0.29, 0.717) is 12.8 Å². The van der Waals surface area contributed by atoms with Crippen molar-refractivity contribution >= 4 is 17.9 Å². The molecule has 0 saturated heterocycles. The van der Waals surface area contributed by atoms with E-state index in [0.717, 1.165) is 141 Å². The van der Waals surface area contributed by atoms with E-state index in [4.69, 9.17) is 14.2 Å². The lowest BCUT2D eigenvalue weighted by Crippen LogP contribution is -2.30. The number of ether oxygens (including phenoxy) is 3. The molecule has 6 nitrogen and oxygen atoms in total. The van der Waals surface area contributed by atoms with Gasteiger partial charge >= 0.3 is 17.9 Å². The van der Waals surface area contributed by atoms with Crippen LogP contribution >= 0.6 is 0 Å². The summed E-state index contributed by atoms with van der Waals surface area (Å²) >= 11 is 0. The summed E-state index contributed by atoms with van der Waals surface area (Å²) in [4.78, 5) is 38.2. The Kier molecular flexibility index (Phi) is 59.4. The van der Waals surface area contributed by atoms with Gasteiger partial charge in [0.25, 0.3) is 0 Å². The van der Waals surface area contributed by atoms with Gasteiger partial charge in [-0.25, -0.2) is 0 Å². The maximum absolute atomic E-state index is 12.9. The molecule has 0 aliphatic heterocycles. The summed E-state index contributed by atoms with van der Waals surface area (Å²) in [6.07, 6.45) is 88.8. The van der Waals surface area contributed by atoms with Crippen LogP contribution in [0.15, 0.2) is 134 Å². The Balaban J connectivity index is 4.39. The Morgan fingerprint density at radius 3 is 0.816 bits per heavy atom. The van der Waals surface area contributed by atoms with E-state index in [1.54, 1.807) is 0 Å². The van der Waals surface area contributed by atoms with E-state index in [1.807, 2.05) is 0 Å². The van der Waals surface area contributed by atoms with Crippen molar-refractivity contribution in [3.05, 3.63) is 134 Å². The van der Waals surface area contributed by atoms with Crippen LogP contribution in [0, 0.1) is 0 Å². The standard InChI is InChI=1S/C70H114O6/c1-4-7-10-13-16-19-22-25-27-29-31-32-33-34-35-36-37-38-40-41-43-45-48-51-54-57-60-63-69(72)75-66-67(65-74-68(71)62-59-56-53-50-47-24-21-18-15-12-9-6-3)76-70(73)64-61-58-55-52-49-46-44-42-39-30-28-26-23-20-17-14-11-8-5-2/h7-8,10-11,16-17,19-20,25-28,31-32,34-35,37-39,42,46,49,67H,4-6,9,12-15,18,21-24,29-30,33,36,40-41,43-45,47-48,50-66H2,1-3H3/b10-7-,11-8-,19-16-,20-17-,27-25-,28-26-,32-31-,35-34-,38-37-,42-39-,49-46-. The average Bonchev–Trinajstić information content (AvgIpc) is 3.42. The second-order valence-electron chi connectivity index (χ2n) is 20.2. The summed E-state index contributed by atoms with van der Waals surface area (Å²) in [6, 6.07) is 0. The van der Waals surface area contributed by atoms with Gasteiger partial charge in [0.2, 0.25) is 0 Å². The molecule has 0 heterocycles. The zero-order chi connectivity index (χ0) is 55.0. The van der Waals surface area contributed by atoms with E-state index in [2.05, 4.69) is 154 Å². The highest BCUT2D eigenvalue weighted by Crippen LogP contribution is 2.15. The fourth-order valence-corrected chi connectivity index (χ4v) is 8.30. The van der Waals surface area contributed by atoms with Crippen molar-refractivity contribution in [2.75, 3.05) is 13.2 Å². The minimum absolute atomic E-state index is 0.0957. The number of rotatable bonds is 55. The number of carbonyl (C=O) groups is 3. The van der Waals surface area contributed by atoms with Crippen LogP contribution in [0.5, 0.6) is 0 Å². The molecule has 0 aromatic heterocycles. The summed E-state index contributed by atoms with van der Waals surface area (Å²) in [5, 5.41) is 0. The molecule has 0 radical (unpaired) electrons. The molecule has 0 bridgehead atoms. The number of esters is 3. The third-order valence-electron chi connectivity index (χ3n) is 12.9. The minimum atomic E-state index is -0.803. The molecule has 430 valence electrons. The zero-order valence-corrected chi connectivity index (χ0v) is 49.2. The van der Waals surface area contributed by atoms with Crippen LogP contribution in [0.3, 0.4) is 0 Å². The van der Waals surface area contributed by atoms with Gasteiger partial charge in [-0.1, -0.05) is 270 Å². The monoisotopic (exact) mass is 1050 g/mol. The summed E-state index contributed by atoms with van der Waals surface area (Å²) in [5.41, 5.74) is 0. The third-order valence-corrected chi connectivity index (χ3v) is 12.9. The van der Waals surface area contributed by atoms with Crippen LogP contribution in [0.4, 0.5) is 0 Å². The fourth-order valence-electron chi connectivity index (χ4n) is 8.30. The molecule has 0 rings (SSSR count). The molecule has 0 N–H and O–H groups in total. The van der Waals surface area contributed by atoms with Gasteiger partial charge in [-0.3, -0.25) is 14.4 Å². The molecular weight excluding hydrogens is 937 g/mol. The van der Waals surface area contributed by atoms with Crippen LogP contribution in [0.1, 0.15) is 271 Å². The number of carbonyl (C=O) groups excluding carboxylic acids is 3. The molecule has 0 fully saturated rings. The molecule has 1 unspecified atom stereocenters. The third kappa shape index (κ3) is 60.4. The molecule has 0 aliphatic rings. The molecule has 0 amide bonds. The number of hydrogen-bond donors (Lipinski definition) is 0. The van der Waals surface area contributed by atoms with E-state index in [-0.39, 0.29) is 37.5 Å². The van der Waals surface area contributed by atoms with E-state index < -0.39 is 6.10 Å². The first-order chi connectivity index (χ1) is 37.5. The second kappa shape index (κ2) is 63.1. The molecular formula is C70H114O6. The van der Waals surface area contributed by atoms with Crippen molar-refractivity contribution in [2.24, 2.45) is 0 Å². The smallest absolute Gasteiger partial charge is 0.306 e. The molecule has 6 heteroatoms. The van der Waals surface area contributed by atoms with Crippen LogP contribution < -0.4 is 0 Å². The lowest BCUT2D eigenvalue weighted by molar-refractivity contribution is -0.167. The normalized spacial score (nSPS) is 13.0. The maximum atomic E-state index is 12.9. The predicted molar refractivity (Wildman–Crippen MR) is 329 cm³/mol. The highest BCUT2D eigenvalue weighted by atomic mass is 16.6. The van der Waals surface area contributed by atoms with E-state index in [1.165, 1.54) is 89.9 Å². The van der Waals surface area contributed by atoms with Gasteiger partial charge in [0.15, 0.2) is 6.10 Å². The largest absolute Gasteiger partial charge is 0.462 e. The van der Waals surface area contributed by atoms with Crippen molar-refractivity contribution in [3.8, 4) is 0 Å². The van der Waals surface area contributed by atoms with Gasteiger partial charge in [0.1, 0.15) is 13.2 Å². The van der Waals surface area contributed by atoms with Crippen molar-refractivity contribution in [2.45, 2.75) is 277 Å². The van der Waals surface area contributed by atoms with E-state index >= 15 is 0 Å². The van der Waals surface area contributed by atoms with Gasteiger partial charge in [-0.15, -0.1) is 0 Å². The van der Waals surface area contributed by atoms with Crippen molar-refractivity contribution in [1.29, 1.82) is 0 Å². The molecule has 0 aliphatic carbocycles. The fraction of sp³-hybridized carbons (Fsp3) is 0.643. The lowest BCUT2D eigenvalue weighted by Gasteiger charge is -2.18. The first-order valence-corrected chi connectivity index (χ1v) is 31.2. The lowest BCUT2D eigenvalue weighted by atomic mass is 10.0. The first kappa shape index (κ1) is 71.5. The number of allylic oxidation sites excluding steroid dienone is 22. The average molecular weight is 1050 g/mol. The summed E-state index contributed by atoms with van der Waals surface area (Å²) < 4.78 is 16.9. The van der Waals surface area contributed by atoms with Crippen molar-refractivity contribution < 1.29 is 28.6 Å². The minimum Gasteiger partial charge on any atom is -0.462 e. The van der Waals surface area contributed by atoms with Crippen LogP contribution in [0.2, 0.25) is 0 Å². The molecule has 0 spiro atoms. The topological polar surface area (TPSA) is 78.9 Å². The van der Waals surface area contributed by atoms with Crippen LogP contribution in [-0.4, -0.2) is 37.2 Å². The van der Waals surface area contributed by atoms with Gasteiger partial charge in [-0.05, 0) is 116 Å². The predicted octanol–water partition coefficient (Wildman–Crippen LogP) is 21.4. The first-order valence-electron chi connectivity index (χ1n) is 31.2. The van der Waals surface area contributed by atoms with Crippen molar-refractivity contribution in [1.82, 2.24) is 0 Å². The van der Waals surface area contributed by atoms with Crippen LogP contribution in [-0.2, 0) is 28.6 Å². The highest BCUT2D eigenvalue weighted by Gasteiger charge is 2.19. The van der Waals surface area contributed by atoms with Gasteiger partial charge in [0.05, 0.1) is 0 Å². The Bertz CT molecular complexity index is 1630. The maximum Gasteiger partial charge on any atom is 0.306 e. The summed E-state index contributed by atoms with van der Waals surface area (Å²) in [5.74, 6) is -0.936. The van der Waals surface area contributed by atoms with Gasteiger partial charge in [-0.2, -0.15) is 0 Å². The van der Waals surface area contributed by atoms with Gasteiger partial charge < -0.3 is 14.2 Å². The Morgan fingerprint density at radius 2 is 0.513 bits per heavy atom. The number of unbranched alkanes of at least 4 members (excludes halogenated alkanes) is 22. The molecule has 0 saturated carbocycles. The zero-order valence-electron chi connectivity index (χ0n) is 49.2. The van der Waals surface area contributed by atoms with Crippen LogP contribution in [0.25, 0.3) is 0 Å². The molecule has 76 heavy (non-hydrogen) atoms. The second-order valence-corrected chi connectivity index (χ2v) is 20.2. The SMILES string of the molecule is CC/C=C\C/C=C\C/C=C\C/C=C\C/C=C\C/C=C\CCCCCCCCCCC(=O)OCC(COC(=O)CCCCCCCCCCCCCC)OC(=O)CCCCC/C=C\C/C=C\C/C=C\C/C=C\C/C=C\CC. The Labute approximate surface area is 468 Å².